The van der Waals surface area contributed by atoms with Crippen LogP contribution in [0.4, 0.5) is 0 Å². The molecule has 0 amide bonds. The van der Waals surface area contributed by atoms with Gasteiger partial charge in [0.25, 0.3) is 0 Å². The molecule has 0 radical (unpaired) electrons. The molecule has 1 aromatic carbocycles. The quantitative estimate of drug-likeness (QED) is 0.777. The summed E-state index contributed by atoms with van der Waals surface area (Å²) in [7, 11) is 2.56. The largest absolute Gasteiger partial charge is 0.469 e. The second-order valence-electron chi connectivity index (χ2n) is 5.35. The highest BCUT2D eigenvalue weighted by molar-refractivity contribution is 5.86. The first-order valence-corrected chi connectivity index (χ1v) is 7.21. The van der Waals surface area contributed by atoms with E-state index in [1.54, 1.807) is 6.20 Å². The summed E-state index contributed by atoms with van der Waals surface area (Å²) >= 11 is 0. The van der Waals surface area contributed by atoms with E-state index in [4.69, 9.17) is 4.74 Å². The second-order valence-corrected chi connectivity index (χ2v) is 5.35. The number of carbonyl (C=O) groups excluding carboxylic acids is 2. The molecule has 0 fully saturated rings. The summed E-state index contributed by atoms with van der Waals surface area (Å²) in [5.41, 5.74) is 3.28. The van der Waals surface area contributed by atoms with Gasteiger partial charge in [-0.3, -0.25) is 14.7 Å². The maximum absolute atomic E-state index is 12.0. The van der Waals surface area contributed by atoms with Gasteiger partial charge in [-0.25, -0.2) is 0 Å². The maximum atomic E-state index is 12.0. The average molecular weight is 320 g/mol. The maximum Gasteiger partial charge on any atom is 0.309 e. The molecule has 0 spiro atoms. The topological polar surface area (TPSA) is 102 Å². The molecular weight excluding hydrogens is 300 g/mol. The molecule has 0 aliphatic rings. The van der Waals surface area contributed by atoms with Crippen molar-refractivity contribution < 1.29 is 24.2 Å². The second kappa shape index (κ2) is 7.23. The van der Waals surface area contributed by atoms with Crippen LogP contribution in [0.15, 0.2) is 12.3 Å². The molecule has 0 saturated heterocycles. The molecule has 0 aliphatic heterocycles. The predicted octanol–water partition coefficient (Wildman–Crippen LogP) is 1.26. The van der Waals surface area contributed by atoms with Crippen molar-refractivity contribution in [1.29, 1.82) is 0 Å². The smallest absolute Gasteiger partial charge is 0.309 e. The number of ether oxygens (including phenoxy) is 2. The number of nitrogens with one attached hydrogen (secondary N) is 1. The number of nitrogens with zero attached hydrogens (tertiary/aromatic N) is 1. The van der Waals surface area contributed by atoms with Crippen LogP contribution < -0.4 is 0 Å². The van der Waals surface area contributed by atoms with Crippen molar-refractivity contribution in [3.63, 3.8) is 0 Å². The van der Waals surface area contributed by atoms with Crippen molar-refractivity contribution in [3.05, 3.63) is 29.0 Å². The first-order valence-electron chi connectivity index (χ1n) is 7.21. The van der Waals surface area contributed by atoms with Crippen LogP contribution in [-0.2, 0) is 32.1 Å². The number of methoxy groups -OCH3 is 2. The van der Waals surface area contributed by atoms with Crippen LogP contribution in [-0.4, -0.2) is 41.5 Å². The molecule has 0 saturated carbocycles. The van der Waals surface area contributed by atoms with Gasteiger partial charge >= 0.3 is 11.9 Å². The van der Waals surface area contributed by atoms with Gasteiger partial charge in [-0.15, -0.1) is 0 Å². The number of fused-ring (bicyclic) bond motifs is 1. The highest BCUT2D eigenvalue weighted by Gasteiger charge is 2.25. The van der Waals surface area contributed by atoms with Crippen molar-refractivity contribution in [1.82, 2.24) is 10.2 Å². The van der Waals surface area contributed by atoms with Gasteiger partial charge < -0.3 is 14.6 Å². The zero-order valence-corrected chi connectivity index (χ0v) is 13.4. The lowest BCUT2D eigenvalue weighted by molar-refractivity contribution is -0.152. The molecule has 7 nitrogen and oxygen atoms in total. The molecule has 0 bridgehead atoms. The fourth-order valence-electron chi connectivity index (χ4n) is 2.73. The van der Waals surface area contributed by atoms with E-state index < -0.39 is 17.9 Å². The van der Waals surface area contributed by atoms with Gasteiger partial charge in [0.05, 0.1) is 44.9 Å². The summed E-state index contributed by atoms with van der Waals surface area (Å²) in [6, 6.07) is 1.89. The minimum absolute atomic E-state index is 0.0729. The van der Waals surface area contributed by atoms with Gasteiger partial charge in [-0.1, -0.05) is 6.07 Å². The molecule has 1 atom stereocenters. The number of rotatable bonds is 6. The molecule has 23 heavy (non-hydrogen) atoms. The number of aromatic nitrogens is 2. The minimum Gasteiger partial charge on any atom is -0.469 e. The first kappa shape index (κ1) is 17.0. The van der Waals surface area contributed by atoms with Crippen LogP contribution in [0.2, 0.25) is 0 Å². The summed E-state index contributed by atoms with van der Waals surface area (Å²) in [6.45, 7) is 1.73. The number of hydrogen-bond acceptors (Lipinski definition) is 6. The zero-order valence-electron chi connectivity index (χ0n) is 13.4. The molecule has 0 unspecified atom stereocenters. The summed E-state index contributed by atoms with van der Waals surface area (Å²) in [6.07, 6.45) is 1.85. The van der Waals surface area contributed by atoms with Gasteiger partial charge in [0.15, 0.2) is 0 Å². The normalized spacial score (nSPS) is 12.2. The number of aryl methyl sites for hydroxylation is 1. The van der Waals surface area contributed by atoms with Crippen LogP contribution >= 0.6 is 0 Å². The molecule has 7 heteroatoms. The van der Waals surface area contributed by atoms with E-state index >= 15 is 0 Å². The average Bonchev–Trinajstić information content (AvgIpc) is 3.03. The summed E-state index contributed by atoms with van der Waals surface area (Å²) in [5.74, 6) is -1.63. The van der Waals surface area contributed by atoms with E-state index in [1.165, 1.54) is 14.2 Å². The highest BCUT2D eigenvalue weighted by atomic mass is 16.5. The van der Waals surface area contributed by atoms with Crippen LogP contribution in [0.3, 0.4) is 0 Å². The van der Waals surface area contributed by atoms with E-state index in [1.807, 2.05) is 13.0 Å². The third-order valence-corrected chi connectivity index (χ3v) is 3.94. The summed E-state index contributed by atoms with van der Waals surface area (Å²) in [4.78, 5) is 23.5. The molecule has 2 aromatic rings. The lowest BCUT2D eigenvalue weighted by Crippen LogP contribution is -2.23. The Morgan fingerprint density at radius 2 is 2.09 bits per heavy atom. The molecule has 1 aromatic heterocycles. The van der Waals surface area contributed by atoms with E-state index in [0.717, 1.165) is 22.0 Å². The Labute approximate surface area is 133 Å². The Kier molecular flexibility index (Phi) is 5.33. The molecule has 124 valence electrons. The predicted molar refractivity (Wildman–Crippen MR) is 82.6 cm³/mol. The number of esters is 2. The van der Waals surface area contributed by atoms with Crippen molar-refractivity contribution >= 4 is 22.8 Å². The fraction of sp³-hybridized carbons (Fsp3) is 0.438. The lowest BCUT2D eigenvalue weighted by Gasteiger charge is -2.17. The number of carbonyl (C=O) groups is 2. The van der Waals surface area contributed by atoms with Gasteiger partial charge in [0, 0.05) is 5.39 Å². The number of benzene rings is 1. The van der Waals surface area contributed by atoms with Crippen LogP contribution in [0, 0.1) is 12.8 Å². The van der Waals surface area contributed by atoms with Crippen molar-refractivity contribution in [3.8, 4) is 0 Å². The number of aromatic amines is 1. The van der Waals surface area contributed by atoms with Crippen molar-refractivity contribution in [2.45, 2.75) is 26.4 Å². The van der Waals surface area contributed by atoms with E-state index in [2.05, 4.69) is 14.9 Å². The van der Waals surface area contributed by atoms with Gasteiger partial charge in [0.2, 0.25) is 0 Å². The van der Waals surface area contributed by atoms with E-state index in [0.29, 0.717) is 5.56 Å². The third-order valence-electron chi connectivity index (χ3n) is 3.94. The van der Waals surface area contributed by atoms with Crippen LogP contribution in [0.25, 0.3) is 10.9 Å². The standard InChI is InChI=1S/C16H20N2O5/c1-9-4-10(13(8-19)12-7-17-18-15(9)12)5-11(16(21)23-3)6-14(20)22-2/h4,7,11,19H,5-6,8H2,1-3H3,(H,17,18)/t11-/m0/s1. The van der Waals surface area contributed by atoms with E-state index in [9.17, 15) is 14.7 Å². The Morgan fingerprint density at radius 3 is 2.70 bits per heavy atom. The summed E-state index contributed by atoms with van der Waals surface area (Å²) < 4.78 is 9.42. The Morgan fingerprint density at radius 1 is 1.35 bits per heavy atom. The number of aliphatic hydroxyl groups is 1. The van der Waals surface area contributed by atoms with E-state index in [-0.39, 0.29) is 19.4 Å². The Hall–Kier alpha value is -2.41. The van der Waals surface area contributed by atoms with Crippen LogP contribution in [0.1, 0.15) is 23.1 Å². The SMILES string of the molecule is COC(=O)C[C@H](Cc1cc(C)c2[nH]ncc2c1CO)C(=O)OC. The number of H-pyrrole nitrogens is 1. The van der Waals surface area contributed by atoms with Crippen molar-refractivity contribution in [2.75, 3.05) is 14.2 Å². The Balaban J connectivity index is 2.40. The molecule has 2 rings (SSSR count). The van der Waals surface area contributed by atoms with Crippen LogP contribution in [0.5, 0.6) is 0 Å². The Bertz CT molecular complexity index is 723. The van der Waals surface area contributed by atoms with Gasteiger partial charge in [0.1, 0.15) is 0 Å². The number of aliphatic hydroxyl groups excluding tert-OH is 1. The molecule has 2 N–H and O–H groups in total. The molecular formula is C16H20N2O5. The number of hydrogen-bond donors (Lipinski definition) is 2. The first-order chi connectivity index (χ1) is 11.0. The zero-order chi connectivity index (χ0) is 17.0. The molecule has 1 heterocycles. The van der Waals surface area contributed by atoms with Gasteiger partial charge in [-0.05, 0) is 30.0 Å². The third kappa shape index (κ3) is 3.50. The van der Waals surface area contributed by atoms with Gasteiger partial charge in [-0.2, -0.15) is 5.10 Å². The molecule has 0 aliphatic carbocycles. The van der Waals surface area contributed by atoms with Crippen molar-refractivity contribution in [2.24, 2.45) is 5.92 Å². The minimum atomic E-state index is -0.665. The monoisotopic (exact) mass is 320 g/mol. The fourth-order valence-corrected chi connectivity index (χ4v) is 2.73. The highest BCUT2D eigenvalue weighted by Crippen LogP contribution is 2.27. The summed E-state index contributed by atoms with van der Waals surface area (Å²) in [5, 5.41) is 17.4. The lowest BCUT2D eigenvalue weighted by atomic mass is 9.90.